The van der Waals surface area contributed by atoms with E-state index < -0.39 is 29.1 Å². The van der Waals surface area contributed by atoms with Crippen LogP contribution in [0.25, 0.3) is 0 Å². The zero-order valence-corrected chi connectivity index (χ0v) is 18.9. The molecule has 0 radical (unpaired) electrons. The van der Waals surface area contributed by atoms with Gasteiger partial charge in [0.05, 0.1) is 17.4 Å². The summed E-state index contributed by atoms with van der Waals surface area (Å²) in [5.74, 6) is -1.83. The summed E-state index contributed by atoms with van der Waals surface area (Å²) in [4.78, 5) is 41.5. The predicted molar refractivity (Wildman–Crippen MR) is 111 cm³/mol. The van der Waals surface area contributed by atoms with Gasteiger partial charge in [0.25, 0.3) is 0 Å². The minimum Gasteiger partial charge on any atom is -0.396 e. The first-order chi connectivity index (χ1) is 14.2. The topological polar surface area (TPSA) is 108 Å². The molecule has 3 saturated heterocycles. The van der Waals surface area contributed by atoms with Gasteiger partial charge in [-0.05, 0) is 45.4 Å². The fourth-order valence-electron chi connectivity index (χ4n) is 6.06. The summed E-state index contributed by atoms with van der Waals surface area (Å²) in [6.45, 7) is 8.38. The minimum absolute atomic E-state index is 0.00584. The lowest BCUT2D eigenvalue weighted by Crippen LogP contribution is -2.57. The van der Waals surface area contributed by atoms with Gasteiger partial charge in [0.15, 0.2) is 0 Å². The van der Waals surface area contributed by atoms with Crippen molar-refractivity contribution in [1.82, 2.24) is 15.5 Å². The van der Waals surface area contributed by atoms with Crippen molar-refractivity contribution in [2.75, 3.05) is 20.2 Å². The Morgan fingerprint density at radius 1 is 1.33 bits per heavy atom. The summed E-state index contributed by atoms with van der Waals surface area (Å²) in [5.41, 5.74) is -1.76. The second-order valence-corrected chi connectivity index (χ2v) is 9.48. The number of nitrogens with one attached hydrogen (secondary N) is 2. The third kappa shape index (κ3) is 3.32. The van der Waals surface area contributed by atoms with Crippen molar-refractivity contribution in [2.24, 2.45) is 17.8 Å². The Morgan fingerprint density at radius 3 is 2.63 bits per heavy atom. The number of carbonyl (C=O) groups is 3. The summed E-state index contributed by atoms with van der Waals surface area (Å²) in [7, 11) is 1.57. The van der Waals surface area contributed by atoms with Crippen molar-refractivity contribution in [3.63, 3.8) is 0 Å². The third-order valence-electron chi connectivity index (χ3n) is 7.51. The Labute approximate surface area is 179 Å². The van der Waals surface area contributed by atoms with E-state index in [4.69, 9.17) is 4.74 Å². The molecule has 3 N–H and O–H groups in total. The number of unbranched alkanes of at least 4 members (excludes halogenated alkanes) is 1. The van der Waals surface area contributed by atoms with Gasteiger partial charge in [-0.1, -0.05) is 20.3 Å². The van der Waals surface area contributed by atoms with Crippen LogP contribution in [0.5, 0.6) is 0 Å². The van der Waals surface area contributed by atoms with E-state index in [0.717, 1.165) is 12.8 Å². The van der Waals surface area contributed by atoms with Crippen LogP contribution in [-0.2, 0) is 19.1 Å². The number of fused-ring (bicyclic) bond motifs is 1. The highest BCUT2D eigenvalue weighted by Gasteiger charge is 2.79. The molecule has 3 fully saturated rings. The molecule has 0 aromatic carbocycles. The van der Waals surface area contributed by atoms with Crippen molar-refractivity contribution in [2.45, 2.75) is 83.1 Å². The van der Waals surface area contributed by atoms with E-state index in [0.29, 0.717) is 25.8 Å². The lowest BCUT2D eigenvalue weighted by molar-refractivity contribution is -0.147. The number of amides is 3. The van der Waals surface area contributed by atoms with Crippen molar-refractivity contribution in [3.8, 4) is 0 Å². The van der Waals surface area contributed by atoms with Gasteiger partial charge in [0.2, 0.25) is 17.7 Å². The molecule has 3 aliphatic heterocycles. The Kier molecular flexibility index (Phi) is 6.49. The van der Waals surface area contributed by atoms with Crippen LogP contribution in [0.2, 0.25) is 0 Å². The van der Waals surface area contributed by atoms with Gasteiger partial charge in [0, 0.05) is 26.2 Å². The number of rotatable bonds is 9. The fourth-order valence-corrected chi connectivity index (χ4v) is 6.06. The summed E-state index contributed by atoms with van der Waals surface area (Å²) in [6, 6.07) is -0.763. The Morgan fingerprint density at radius 2 is 2.03 bits per heavy atom. The molecule has 3 rings (SSSR count). The first-order valence-corrected chi connectivity index (χ1v) is 11.3. The van der Waals surface area contributed by atoms with Crippen LogP contribution < -0.4 is 10.6 Å². The summed E-state index contributed by atoms with van der Waals surface area (Å²) >= 11 is 0. The van der Waals surface area contributed by atoms with Gasteiger partial charge in [-0.2, -0.15) is 0 Å². The Bertz CT molecular complexity index is 700. The molecular formula is C22H37N3O5. The van der Waals surface area contributed by atoms with Crippen LogP contribution in [0.1, 0.15) is 59.8 Å². The van der Waals surface area contributed by atoms with Gasteiger partial charge >= 0.3 is 0 Å². The molecule has 8 nitrogen and oxygen atoms in total. The normalized spacial score (nSPS) is 37.9. The van der Waals surface area contributed by atoms with Crippen molar-refractivity contribution < 1.29 is 24.2 Å². The second kappa shape index (κ2) is 8.46. The van der Waals surface area contributed by atoms with E-state index >= 15 is 0 Å². The first-order valence-electron chi connectivity index (χ1n) is 11.3. The number of ether oxygens (including phenoxy) is 1. The third-order valence-corrected chi connectivity index (χ3v) is 7.51. The first kappa shape index (κ1) is 23.0. The quantitative estimate of drug-likeness (QED) is 0.476. The van der Waals surface area contributed by atoms with E-state index in [1.807, 2.05) is 20.8 Å². The Balaban J connectivity index is 2.00. The van der Waals surface area contributed by atoms with Crippen LogP contribution in [0, 0.1) is 17.8 Å². The summed E-state index contributed by atoms with van der Waals surface area (Å²) in [5, 5.41) is 15.0. The maximum Gasteiger partial charge on any atom is 0.246 e. The highest BCUT2D eigenvalue weighted by Crippen LogP contribution is 2.65. The SMILES string of the molecule is CCCC(C)NC(=O)C1N(CCCCO)C(=O)[C@@H]2[C@@H](C(=O)NC)[C@]3(C)OC12CC3C. The molecule has 0 aliphatic carbocycles. The highest BCUT2D eigenvalue weighted by atomic mass is 16.5. The number of nitrogens with zero attached hydrogens (tertiary/aromatic N) is 1. The number of aliphatic hydroxyl groups excluding tert-OH is 1. The molecule has 3 heterocycles. The van der Waals surface area contributed by atoms with E-state index in [-0.39, 0.29) is 36.3 Å². The lowest BCUT2D eigenvalue weighted by atomic mass is 9.62. The fraction of sp³-hybridized carbons (Fsp3) is 0.864. The van der Waals surface area contributed by atoms with Crippen molar-refractivity contribution in [3.05, 3.63) is 0 Å². The number of hydrogen-bond donors (Lipinski definition) is 3. The molecule has 8 heteroatoms. The van der Waals surface area contributed by atoms with E-state index in [2.05, 4.69) is 17.6 Å². The van der Waals surface area contributed by atoms with E-state index in [9.17, 15) is 19.5 Å². The van der Waals surface area contributed by atoms with E-state index in [1.54, 1.807) is 11.9 Å². The minimum atomic E-state index is -0.988. The Hall–Kier alpha value is -1.67. The van der Waals surface area contributed by atoms with Gasteiger partial charge < -0.3 is 25.4 Å². The van der Waals surface area contributed by atoms with Crippen molar-refractivity contribution >= 4 is 17.7 Å². The molecule has 4 unspecified atom stereocenters. The van der Waals surface area contributed by atoms with Crippen molar-refractivity contribution in [1.29, 1.82) is 0 Å². The molecule has 3 aliphatic rings. The van der Waals surface area contributed by atoms with Crippen LogP contribution >= 0.6 is 0 Å². The molecule has 0 saturated carbocycles. The standard InChI is InChI=1S/C22H37N3O5/c1-6-9-14(3)24-19(28)17-22-12-13(2)21(4,30-22)15(18(27)23-5)16(22)20(29)25(17)10-7-8-11-26/h13-17,26H,6-12H2,1-5H3,(H,23,27)(H,24,28)/t13?,14?,15-,16-,17?,21+,22?/m0/s1. The zero-order valence-electron chi connectivity index (χ0n) is 18.9. The number of carbonyl (C=O) groups excluding carboxylic acids is 3. The van der Waals surface area contributed by atoms with Gasteiger partial charge in [0.1, 0.15) is 11.6 Å². The molecule has 0 aromatic heterocycles. The molecule has 1 spiro atoms. The van der Waals surface area contributed by atoms with Crippen LogP contribution in [0.4, 0.5) is 0 Å². The monoisotopic (exact) mass is 423 g/mol. The van der Waals surface area contributed by atoms with E-state index in [1.165, 1.54) is 0 Å². The smallest absolute Gasteiger partial charge is 0.246 e. The maximum absolute atomic E-state index is 13.6. The van der Waals surface area contributed by atoms with Gasteiger partial charge in [-0.15, -0.1) is 0 Å². The molecule has 7 atom stereocenters. The van der Waals surface area contributed by atoms with Gasteiger partial charge in [-0.25, -0.2) is 0 Å². The molecular weight excluding hydrogens is 386 g/mol. The maximum atomic E-state index is 13.6. The molecule has 170 valence electrons. The predicted octanol–water partition coefficient (Wildman–Crippen LogP) is 0.820. The van der Waals surface area contributed by atoms with Crippen LogP contribution in [-0.4, -0.2) is 71.2 Å². The van der Waals surface area contributed by atoms with Crippen LogP contribution in [0.15, 0.2) is 0 Å². The zero-order chi connectivity index (χ0) is 22.3. The average Bonchev–Trinajstić information content (AvgIpc) is 3.19. The summed E-state index contributed by atoms with van der Waals surface area (Å²) < 4.78 is 6.57. The highest BCUT2D eigenvalue weighted by molar-refractivity contribution is 5.99. The van der Waals surface area contributed by atoms with Gasteiger partial charge in [-0.3, -0.25) is 14.4 Å². The average molecular weight is 424 g/mol. The summed E-state index contributed by atoms with van der Waals surface area (Å²) in [6.07, 6.45) is 3.52. The molecule has 0 aromatic rings. The number of hydrogen-bond acceptors (Lipinski definition) is 5. The molecule has 3 amide bonds. The number of likely N-dealkylation sites (tertiary alicyclic amines) is 1. The second-order valence-electron chi connectivity index (χ2n) is 9.48. The van der Waals surface area contributed by atoms with Crippen LogP contribution in [0.3, 0.4) is 0 Å². The molecule has 2 bridgehead atoms. The number of aliphatic hydroxyl groups is 1. The lowest BCUT2D eigenvalue weighted by Gasteiger charge is -2.36. The molecule has 30 heavy (non-hydrogen) atoms. The largest absolute Gasteiger partial charge is 0.396 e.